The average molecular weight is 278 g/mol. The van der Waals surface area contributed by atoms with Crippen molar-refractivity contribution in [3.8, 4) is 0 Å². The first kappa shape index (κ1) is 14.8. The summed E-state index contributed by atoms with van der Waals surface area (Å²) in [6.07, 6.45) is 10.5. The number of amides is 1. The van der Waals surface area contributed by atoms with E-state index in [2.05, 4.69) is 12.4 Å². The second-order valence-corrected chi connectivity index (χ2v) is 5.29. The van der Waals surface area contributed by atoms with Crippen molar-refractivity contribution in [1.29, 1.82) is 0 Å². The number of hydrogen-bond donors (Lipinski definition) is 1. The lowest BCUT2D eigenvalue weighted by Crippen LogP contribution is -2.41. The first-order valence-corrected chi connectivity index (χ1v) is 6.93. The smallest absolute Gasteiger partial charge is 0.409 e. The molecule has 0 radical (unpaired) electrons. The van der Waals surface area contributed by atoms with Crippen molar-refractivity contribution >= 4 is 6.09 Å². The monoisotopic (exact) mass is 278 g/mol. The van der Waals surface area contributed by atoms with Crippen molar-refractivity contribution in [1.82, 2.24) is 10.4 Å². The van der Waals surface area contributed by atoms with Crippen LogP contribution in [0.5, 0.6) is 0 Å². The van der Waals surface area contributed by atoms with Gasteiger partial charge in [0.05, 0.1) is 12.6 Å². The molecule has 1 amide bonds. The number of ether oxygens (including phenoxy) is 1. The van der Waals surface area contributed by atoms with Crippen molar-refractivity contribution < 1.29 is 14.4 Å². The van der Waals surface area contributed by atoms with Crippen LogP contribution in [-0.4, -0.2) is 43.8 Å². The van der Waals surface area contributed by atoms with E-state index in [0.29, 0.717) is 25.7 Å². The van der Waals surface area contributed by atoms with E-state index < -0.39 is 0 Å². The number of carbonyl (C=O) groups is 1. The highest BCUT2D eigenvalue weighted by molar-refractivity contribution is 5.67. The molecule has 2 aliphatic rings. The molecule has 2 rings (SSSR count). The first-order chi connectivity index (χ1) is 9.66. The molecule has 1 aliphatic carbocycles. The van der Waals surface area contributed by atoms with Gasteiger partial charge in [-0.2, -0.15) is 5.48 Å². The van der Waals surface area contributed by atoms with E-state index in [0.717, 1.165) is 12.0 Å². The van der Waals surface area contributed by atoms with Crippen molar-refractivity contribution in [2.24, 2.45) is 5.92 Å². The van der Waals surface area contributed by atoms with Gasteiger partial charge in [-0.15, -0.1) is 0 Å². The number of hydroxylamine groups is 1. The number of nitrogens with zero attached hydrogens (tertiary/aromatic N) is 1. The Morgan fingerprint density at radius 3 is 3.10 bits per heavy atom. The molecular formula is C15H22N2O3. The third-order valence-electron chi connectivity index (χ3n) is 3.50. The fraction of sp³-hybridized carbons (Fsp3) is 0.533. The maximum absolute atomic E-state index is 11.9. The summed E-state index contributed by atoms with van der Waals surface area (Å²) in [6.45, 7) is 3.69. The zero-order valence-corrected chi connectivity index (χ0v) is 12.0. The van der Waals surface area contributed by atoms with Crippen LogP contribution in [0.15, 0.2) is 36.0 Å². The molecule has 2 unspecified atom stereocenters. The van der Waals surface area contributed by atoms with Crippen LogP contribution in [-0.2, 0) is 9.57 Å². The Hall–Kier alpha value is -1.59. The fourth-order valence-corrected chi connectivity index (χ4v) is 2.10. The van der Waals surface area contributed by atoms with Crippen LogP contribution in [0.25, 0.3) is 0 Å². The van der Waals surface area contributed by atoms with Crippen LogP contribution in [0.3, 0.4) is 0 Å². The number of nitrogens with one attached hydrogen (secondary N) is 1. The number of likely N-dealkylation sites (N-methyl/N-ethyl adjacent to an activating group) is 1. The summed E-state index contributed by atoms with van der Waals surface area (Å²) in [7, 11) is 1.75. The van der Waals surface area contributed by atoms with Crippen LogP contribution < -0.4 is 5.48 Å². The fourth-order valence-electron chi connectivity index (χ4n) is 2.10. The van der Waals surface area contributed by atoms with E-state index in [1.165, 1.54) is 0 Å². The molecule has 110 valence electrons. The largest absolute Gasteiger partial charge is 0.445 e. The first-order valence-electron chi connectivity index (χ1n) is 6.93. The summed E-state index contributed by atoms with van der Waals surface area (Å²) in [5, 5.41) is 0. The van der Waals surface area contributed by atoms with E-state index in [1.807, 2.05) is 30.4 Å². The Bertz CT molecular complexity index is 429. The molecule has 0 spiro atoms. The Labute approximate surface area is 119 Å². The zero-order chi connectivity index (χ0) is 14.4. The van der Waals surface area contributed by atoms with Gasteiger partial charge in [0, 0.05) is 19.5 Å². The van der Waals surface area contributed by atoms with E-state index in [4.69, 9.17) is 9.57 Å². The molecule has 0 aromatic rings. The molecule has 0 bridgehead atoms. The van der Waals surface area contributed by atoms with Crippen molar-refractivity contribution in [3.05, 3.63) is 36.0 Å². The van der Waals surface area contributed by atoms with Gasteiger partial charge in [-0.1, -0.05) is 37.3 Å². The second kappa shape index (κ2) is 7.26. The van der Waals surface area contributed by atoms with E-state index in [-0.39, 0.29) is 12.1 Å². The SMILES string of the molecule is CC1CONC1CN(C)C(=O)OCC1=CC=CC=CC1. The normalized spacial score (nSPS) is 25.2. The average Bonchev–Trinajstić information content (AvgIpc) is 2.69. The lowest BCUT2D eigenvalue weighted by atomic mass is 10.1. The molecule has 1 N–H and O–H groups in total. The summed E-state index contributed by atoms with van der Waals surface area (Å²) >= 11 is 0. The predicted octanol–water partition coefficient (Wildman–Crippen LogP) is 2.04. The van der Waals surface area contributed by atoms with Gasteiger partial charge in [-0.3, -0.25) is 0 Å². The summed E-state index contributed by atoms with van der Waals surface area (Å²) in [4.78, 5) is 18.7. The van der Waals surface area contributed by atoms with Gasteiger partial charge >= 0.3 is 6.09 Å². The molecule has 2 atom stereocenters. The predicted molar refractivity (Wildman–Crippen MR) is 77.0 cm³/mol. The van der Waals surface area contributed by atoms with Gasteiger partial charge < -0.3 is 14.5 Å². The van der Waals surface area contributed by atoms with Crippen molar-refractivity contribution in [2.75, 3.05) is 26.8 Å². The lowest BCUT2D eigenvalue weighted by molar-refractivity contribution is 0.0765. The lowest BCUT2D eigenvalue weighted by Gasteiger charge is -2.22. The van der Waals surface area contributed by atoms with E-state index in [1.54, 1.807) is 11.9 Å². The van der Waals surface area contributed by atoms with Crippen molar-refractivity contribution in [2.45, 2.75) is 19.4 Å². The second-order valence-electron chi connectivity index (χ2n) is 5.29. The highest BCUT2D eigenvalue weighted by Crippen LogP contribution is 2.12. The summed E-state index contributed by atoms with van der Waals surface area (Å²) in [6, 6.07) is 0.163. The van der Waals surface area contributed by atoms with E-state index in [9.17, 15) is 4.79 Å². The van der Waals surface area contributed by atoms with Crippen LogP contribution in [0.4, 0.5) is 4.79 Å². The summed E-state index contributed by atoms with van der Waals surface area (Å²) < 4.78 is 5.33. The van der Waals surface area contributed by atoms with Crippen LogP contribution in [0, 0.1) is 5.92 Å². The maximum Gasteiger partial charge on any atom is 0.409 e. The highest BCUT2D eigenvalue weighted by Gasteiger charge is 2.27. The van der Waals surface area contributed by atoms with Gasteiger partial charge in [0.15, 0.2) is 0 Å². The van der Waals surface area contributed by atoms with Gasteiger partial charge in [0.25, 0.3) is 0 Å². The minimum absolute atomic E-state index is 0.163. The minimum atomic E-state index is -0.302. The number of hydrogen-bond acceptors (Lipinski definition) is 4. The molecule has 0 saturated carbocycles. The molecule has 0 aromatic heterocycles. The highest BCUT2D eigenvalue weighted by atomic mass is 16.7. The Morgan fingerprint density at radius 2 is 2.35 bits per heavy atom. The molecule has 0 aromatic carbocycles. The number of carbonyl (C=O) groups excluding carboxylic acids is 1. The van der Waals surface area contributed by atoms with E-state index >= 15 is 0 Å². The maximum atomic E-state index is 11.9. The van der Waals surface area contributed by atoms with Crippen LogP contribution in [0.1, 0.15) is 13.3 Å². The van der Waals surface area contributed by atoms with Gasteiger partial charge in [-0.25, -0.2) is 4.79 Å². The standard InChI is InChI=1S/C15H22N2O3/c1-12-10-20-16-14(12)9-17(2)15(18)19-11-13-7-5-3-4-6-8-13/h3-7,12,14,16H,8-11H2,1-2H3. The molecule has 1 aliphatic heterocycles. The topological polar surface area (TPSA) is 50.8 Å². The molecule has 1 saturated heterocycles. The molecule has 20 heavy (non-hydrogen) atoms. The third-order valence-corrected chi connectivity index (χ3v) is 3.50. The Kier molecular flexibility index (Phi) is 5.38. The summed E-state index contributed by atoms with van der Waals surface area (Å²) in [5.41, 5.74) is 4.02. The van der Waals surface area contributed by atoms with Crippen molar-refractivity contribution in [3.63, 3.8) is 0 Å². The molecule has 5 nitrogen and oxygen atoms in total. The van der Waals surface area contributed by atoms with Gasteiger partial charge in [0.2, 0.25) is 0 Å². The third kappa shape index (κ3) is 4.21. The van der Waals surface area contributed by atoms with Crippen LogP contribution in [0.2, 0.25) is 0 Å². The minimum Gasteiger partial charge on any atom is -0.445 e. The quantitative estimate of drug-likeness (QED) is 0.855. The molecule has 1 heterocycles. The number of allylic oxidation sites excluding steroid dienone is 5. The summed E-state index contributed by atoms with van der Waals surface area (Å²) in [5.74, 6) is 0.394. The molecular weight excluding hydrogens is 256 g/mol. The zero-order valence-electron chi connectivity index (χ0n) is 12.0. The molecule has 1 fully saturated rings. The van der Waals surface area contributed by atoms with Gasteiger partial charge in [0.1, 0.15) is 6.61 Å². The van der Waals surface area contributed by atoms with Gasteiger partial charge in [-0.05, 0) is 12.0 Å². The molecule has 5 heteroatoms. The number of rotatable bonds is 4. The Morgan fingerprint density at radius 1 is 1.50 bits per heavy atom. The van der Waals surface area contributed by atoms with Crippen LogP contribution >= 0.6 is 0 Å². The Balaban J connectivity index is 1.75.